The zero-order chi connectivity index (χ0) is 17.3. The van der Waals surface area contributed by atoms with Crippen LogP contribution < -0.4 is 49.8 Å². The molecule has 2 aromatic heterocycles. The number of benzene rings is 1. The van der Waals surface area contributed by atoms with Crippen LogP contribution >= 0.6 is 0 Å². The van der Waals surface area contributed by atoms with E-state index in [4.69, 9.17) is 13.9 Å². The predicted octanol–water partition coefficient (Wildman–Crippen LogP) is -0.530. The Bertz CT molecular complexity index is 968. The normalized spacial score (nSPS) is 10.4. The van der Waals surface area contributed by atoms with Gasteiger partial charge in [0.2, 0.25) is 0 Å². The fourth-order valence-corrected chi connectivity index (χ4v) is 2.57. The molecule has 0 saturated heterocycles. The molecular weight excluding hydrogens is 333 g/mol. The van der Waals surface area contributed by atoms with Crippen LogP contribution in [-0.4, -0.2) is 12.1 Å². The van der Waals surface area contributed by atoms with Crippen LogP contribution in [0.4, 0.5) is 0 Å². The molecule has 0 spiro atoms. The molecule has 0 aliphatic heterocycles. The topological polar surface area (TPSA) is 84.6 Å². The predicted molar refractivity (Wildman–Crippen MR) is 86.5 cm³/mol. The van der Waals surface area contributed by atoms with E-state index in [2.05, 4.69) is 4.98 Å². The zero-order valence-electron chi connectivity index (χ0n) is 14.6. The molecule has 1 aromatic carbocycles. The molecule has 6 nitrogen and oxygen atoms in total. The number of nitrogens with zero attached hydrogens (tertiary/aromatic N) is 1. The van der Waals surface area contributed by atoms with E-state index in [-0.39, 0.29) is 47.5 Å². The van der Waals surface area contributed by atoms with E-state index in [1.807, 2.05) is 13.8 Å². The van der Waals surface area contributed by atoms with Crippen molar-refractivity contribution in [1.29, 1.82) is 0 Å². The van der Waals surface area contributed by atoms with Crippen molar-refractivity contribution < 1.29 is 48.6 Å². The number of aromatic nitrogens is 1. The Morgan fingerprint density at radius 3 is 2.72 bits per heavy atom. The van der Waals surface area contributed by atoms with E-state index < -0.39 is 5.63 Å². The minimum atomic E-state index is -0.676. The Labute approximate surface area is 166 Å². The quantitative estimate of drug-likeness (QED) is 0.465. The van der Waals surface area contributed by atoms with E-state index in [1.54, 1.807) is 25.4 Å². The van der Waals surface area contributed by atoms with Gasteiger partial charge in [0.15, 0.2) is 0 Å². The van der Waals surface area contributed by atoms with Crippen LogP contribution in [0.2, 0.25) is 0 Å². The largest absolute Gasteiger partial charge is 1.00 e. The summed E-state index contributed by atoms with van der Waals surface area (Å²) < 4.78 is 16.1. The van der Waals surface area contributed by atoms with Crippen molar-refractivity contribution >= 4 is 11.0 Å². The number of fused-ring (bicyclic) bond motifs is 1. The first-order chi connectivity index (χ1) is 11.5. The molecular formula is C18H16NNaO5. The van der Waals surface area contributed by atoms with E-state index in [0.29, 0.717) is 11.1 Å². The zero-order valence-corrected chi connectivity index (χ0v) is 16.6. The van der Waals surface area contributed by atoms with Crippen molar-refractivity contribution in [2.45, 2.75) is 20.5 Å². The third-order valence-electron chi connectivity index (χ3n) is 3.80. The van der Waals surface area contributed by atoms with Crippen LogP contribution in [0.3, 0.4) is 0 Å². The molecule has 0 fully saturated rings. The third kappa shape index (κ3) is 3.98. The Morgan fingerprint density at radius 2 is 2.00 bits per heavy atom. The summed E-state index contributed by atoms with van der Waals surface area (Å²) in [5, 5.41) is 12.1. The molecule has 0 bridgehead atoms. The molecule has 0 atom stereocenters. The molecule has 25 heavy (non-hydrogen) atoms. The third-order valence-corrected chi connectivity index (χ3v) is 3.80. The van der Waals surface area contributed by atoms with Gasteiger partial charge in [0.05, 0.1) is 12.8 Å². The van der Waals surface area contributed by atoms with Gasteiger partial charge in [-0.3, -0.25) is 4.98 Å². The molecule has 0 radical (unpaired) electrons. The number of aryl methyl sites for hydroxylation is 1. The number of hydrogen-bond donors (Lipinski definition) is 0. The molecule has 0 amide bonds. The van der Waals surface area contributed by atoms with Crippen LogP contribution in [-0.2, 0) is 6.61 Å². The van der Waals surface area contributed by atoms with Gasteiger partial charge >= 0.3 is 35.2 Å². The first-order valence-corrected chi connectivity index (χ1v) is 7.36. The second-order valence-corrected chi connectivity index (χ2v) is 5.42. The van der Waals surface area contributed by atoms with Crippen LogP contribution in [0.1, 0.15) is 16.8 Å². The van der Waals surface area contributed by atoms with Crippen molar-refractivity contribution in [2.75, 3.05) is 7.11 Å². The number of hydrogen-bond acceptors (Lipinski definition) is 6. The number of pyridine rings is 1. The average Bonchev–Trinajstić information content (AvgIpc) is 2.54. The molecule has 124 valence electrons. The summed E-state index contributed by atoms with van der Waals surface area (Å²) in [5.74, 6) is 0.898. The summed E-state index contributed by atoms with van der Waals surface area (Å²) in [6, 6.07) is 5.68. The second kappa shape index (κ2) is 7.91. The van der Waals surface area contributed by atoms with Gasteiger partial charge in [0, 0.05) is 34.8 Å². The summed E-state index contributed by atoms with van der Waals surface area (Å²) in [4.78, 5) is 15.7. The van der Waals surface area contributed by atoms with Gasteiger partial charge < -0.3 is 19.0 Å². The Balaban J connectivity index is 0.00000225. The molecule has 2 heterocycles. The van der Waals surface area contributed by atoms with Crippen LogP contribution in [0.25, 0.3) is 11.0 Å². The van der Waals surface area contributed by atoms with Crippen molar-refractivity contribution in [3.8, 4) is 17.2 Å². The molecule has 0 unspecified atom stereocenters. The Morgan fingerprint density at radius 1 is 1.24 bits per heavy atom. The molecule has 0 aliphatic carbocycles. The van der Waals surface area contributed by atoms with Gasteiger partial charge in [-0.15, -0.1) is 0 Å². The Kier molecular flexibility index (Phi) is 6.11. The van der Waals surface area contributed by atoms with Crippen LogP contribution in [0.15, 0.2) is 39.7 Å². The average molecular weight is 349 g/mol. The van der Waals surface area contributed by atoms with E-state index in [1.165, 1.54) is 6.07 Å². The van der Waals surface area contributed by atoms with Crippen molar-refractivity contribution in [3.63, 3.8) is 0 Å². The molecule has 3 aromatic rings. The Hall–Kier alpha value is -2.02. The van der Waals surface area contributed by atoms with Gasteiger partial charge in [-0.05, 0) is 26.0 Å². The molecule has 3 rings (SSSR count). The number of rotatable bonds is 4. The minimum Gasteiger partial charge on any atom is -0.872 e. The maximum Gasteiger partial charge on any atom is 1.00 e. The number of ether oxygens (including phenoxy) is 2. The SMILES string of the molecule is COc1c(C)cnc(COc2ccc3c([O-])cc(=O)oc3c2)c1C.[Na+]. The summed E-state index contributed by atoms with van der Waals surface area (Å²) >= 11 is 0. The molecule has 0 aliphatic rings. The molecule has 7 heteroatoms. The molecule has 0 N–H and O–H groups in total. The van der Waals surface area contributed by atoms with Gasteiger partial charge in [-0.25, -0.2) is 4.79 Å². The summed E-state index contributed by atoms with van der Waals surface area (Å²) in [6.07, 6.45) is 1.73. The van der Waals surface area contributed by atoms with Crippen molar-refractivity contribution in [3.05, 3.63) is 57.7 Å². The first kappa shape index (κ1) is 19.3. The van der Waals surface area contributed by atoms with Gasteiger partial charge in [0.25, 0.3) is 0 Å². The first-order valence-electron chi connectivity index (χ1n) is 7.36. The maximum absolute atomic E-state index is 11.7. The maximum atomic E-state index is 11.7. The smallest absolute Gasteiger partial charge is 0.872 e. The van der Waals surface area contributed by atoms with Gasteiger partial charge in [-0.2, -0.15) is 0 Å². The molecule has 0 saturated carbocycles. The standard InChI is InChI=1S/C18H17NO5.Na/c1-10-8-19-14(11(2)18(10)22-3)9-23-12-4-5-13-15(20)7-17(21)24-16(13)6-12;/h4-8,20H,9H2,1-3H3;/q;+1/p-1. The van der Waals surface area contributed by atoms with Crippen molar-refractivity contribution in [2.24, 2.45) is 0 Å². The fraction of sp³-hybridized carbons (Fsp3) is 0.222. The monoisotopic (exact) mass is 349 g/mol. The van der Waals surface area contributed by atoms with Crippen LogP contribution in [0, 0.1) is 13.8 Å². The van der Waals surface area contributed by atoms with Gasteiger partial charge in [-0.1, -0.05) is 5.75 Å². The minimum absolute atomic E-state index is 0. The van der Waals surface area contributed by atoms with Crippen LogP contribution in [0.5, 0.6) is 17.2 Å². The summed E-state index contributed by atoms with van der Waals surface area (Å²) in [7, 11) is 1.62. The van der Waals surface area contributed by atoms with Gasteiger partial charge in [0.1, 0.15) is 23.7 Å². The van der Waals surface area contributed by atoms with E-state index in [0.717, 1.165) is 28.6 Å². The van der Waals surface area contributed by atoms with E-state index >= 15 is 0 Å². The number of methoxy groups -OCH3 is 1. The van der Waals surface area contributed by atoms with Crippen molar-refractivity contribution in [1.82, 2.24) is 4.98 Å². The van der Waals surface area contributed by atoms with E-state index in [9.17, 15) is 9.90 Å². The summed E-state index contributed by atoms with van der Waals surface area (Å²) in [5.41, 5.74) is 2.14. The summed E-state index contributed by atoms with van der Waals surface area (Å²) in [6.45, 7) is 4.07. The second-order valence-electron chi connectivity index (χ2n) is 5.42. The fourth-order valence-electron chi connectivity index (χ4n) is 2.57.